The van der Waals surface area contributed by atoms with E-state index in [0.29, 0.717) is 24.5 Å². The molecule has 1 fully saturated rings. The van der Waals surface area contributed by atoms with Crippen LogP contribution >= 0.6 is 0 Å². The monoisotopic (exact) mass is 392 g/mol. The zero-order valence-corrected chi connectivity index (χ0v) is 15.1. The number of hydrogen-bond donors (Lipinski definition) is 2. The Labute approximate surface area is 159 Å². The van der Waals surface area contributed by atoms with Crippen LogP contribution in [-0.2, 0) is 5.92 Å². The molecule has 148 valence electrons. The van der Waals surface area contributed by atoms with Crippen molar-refractivity contribution in [3.63, 3.8) is 0 Å². The van der Waals surface area contributed by atoms with E-state index in [4.69, 9.17) is 10.3 Å². The molecule has 0 spiro atoms. The van der Waals surface area contributed by atoms with Crippen molar-refractivity contribution in [1.82, 2.24) is 9.97 Å². The number of aromatic nitrogens is 2. The van der Waals surface area contributed by atoms with Crippen LogP contribution in [0.5, 0.6) is 6.01 Å². The number of anilines is 2. The van der Waals surface area contributed by atoms with Crippen LogP contribution < -0.4 is 15.0 Å². The summed E-state index contributed by atoms with van der Waals surface area (Å²) in [4.78, 5) is 9.88. The highest BCUT2D eigenvalue weighted by Gasteiger charge is 2.26. The molecule has 10 heteroatoms. The molecule has 3 rings (SSSR count). The smallest absolute Gasteiger partial charge is 0.316 e. The fourth-order valence-corrected chi connectivity index (χ4v) is 2.48. The van der Waals surface area contributed by atoms with Crippen molar-refractivity contribution in [2.24, 2.45) is 5.11 Å². The van der Waals surface area contributed by atoms with Gasteiger partial charge in [0.15, 0.2) is 0 Å². The predicted octanol–water partition coefficient (Wildman–Crippen LogP) is 4.11. The summed E-state index contributed by atoms with van der Waals surface area (Å²) >= 11 is 0. The number of ether oxygens (including phenoxy) is 1. The van der Waals surface area contributed by atoms with Gasteiger partial charge in [0.2, 0.25) is 0 Å². The lowest BCUT2D eigenvalue weighted by Crippen LogP contribution is -2.48. The van der Waals surface area contributed by atoms with Crippen LogP contribution in [0.1, 0.15) is 12.5 Å². The number of nitrogens with zero attached hydrogens (tertiary/aromatic N) is 4. The predicted molar refractivity (Wildman–Crippen MR) is 97.5 cm³/mol. The summed E-state index contributed by atoms with van der Waals surface area (Å²) in [5, 5.41) is 6.15. The molecule has 0 atom stereocenters. The van der Waals surface area contributed by atoms with E-state index in [2.05, 4.69) is 20.4 Å². The first-order valence-electron chi connectivity index (χ1n) is 8.50. The molecule has 0 radical (unpaired) electrons. The summed E-state index contributed by atoms with van der Waals surface area (Å²) in [6.07, 6.45) is 3.63. The second-order valence-corrected chi connectivity index (χ2v) is 6.38. The summed E-state index contributed by atoms with van der Waals surface area (Å²) in [7, 11) is 0. The third kappa shape index (κ3) is 4.96. The number of hydrogen-bond acceptors (Lipinski definition) is 7. The third-order valence-corrected chi connectivity index (χ3v) is 4.08. The summed E-state index contributed by atoms with van der Waals surface area (Å²) in [6, 6.07) is 5.87. The van der Waals surface area contributed by atoms with E-state index < -0.39 is 12.1 Å². The molecule has 2 N–H and O–H groups in total. The second kappa shape index (κ2) is 8.24. The van der Waals surface area contributed by atoms with Crippen molar-refractivity contribution >= 4 is 11.4 Å². The molecule has 2 aromatic rings. The van der Waals surface area contributed by atoms with Crippen molar-refractivity contribution in [3.8, 4) is 6.01 Å². The number of halogens is 3. The Morgan fingerprint density at radius 3 is 2.71 bits per heavy atom. The Hall–Kier alpha value is -3.17. The first-order chi connectivity index (χ1) is 13.3. The number of benzene rings is 1. The van der Waals surface area contributed by atoms with Gasteiger partial charge < -0.3 is 15.0 Å². The first-order valence-corrected chi connectivity index (χ1v) is 8.50. The van der Waals surface area contributed by atoms with E-state index >= 15 is 0 Å². The summed E-state index contributed by atoms with van der Waals surface area (Å²) in [6.45, 7) is 1.38. The Morgan fingerprint density at radius 2 is 2.11 bits per heavy atom. The number of rotatable bonds is 8. The van der Waals surface area contributed by atoms with Gasteiger partial charge in [0.25, 0.3) is 5.92 Å². The fraction of sp³-hybridized carbons (Fsp3) is 0.333. The minimum atomic E-state index is -2.95. The van der Waals surface area contributed by atoms with Gasteiger partial charge in [-0.3, -0.25) is 0 Å². The lowest BCUT2D eigenvalue weighted by atomic mass is 10.1. The van der Waals surface area contributed by atoms with Crippen LogP contribution in [-0.4, -0.2) is 35.8 Å². The van der Waals surface area contributed by atoms with Crippen molar-refractivity contribution in [3.05, 3.63) is 54.1 Å². The summed E-state index contributed by atoms with van der Waals surface area (Å²) in [5.41, 5.74) is 8.43. The van der Waals surface area contributed by atoms with Gasteiger partial charge in [-0.05, 0) is 12.1 Å². The van der Waals surface area contributed by atoms with Crippen molar-refractivity contribution in [2.45, 2.75) is 19.0 Å². The molecule has 1 saturated heterocycles. The normalized spacial score (nSPS) is 15.1. The van der Waals surface area contributed by atoms with Crippen LogP contribution in [0.2, 0.25) is 0 Å². The van der Waals surface area contributed by atoms with Crippen LogP contribution in [0, 0.1) is 5.53 Å². The van der Waals surface area contributed by atoms with E-state index in [0.717, 1.165) is 6.92 Å². The van der Waals surface area contributed by atoms with Gasteiger partial charge >= 0.3 is 6.01 Å². The lowest BCUT2D eigenvalue weighted by molar-refractivity contribution is 0.0175. The van der Waals surface area contributed by atoms with Gasteiger partial charge in [-0.2, -0.15) is 5.11 Å². The van der Waals surface area contributed by atoms with Gasteiger partial charge in [-0.15, -0.1) is 0 Å². The van der Waals surface area contributed by atoms with E-state index in [9.17, 15) is 13.2 Å². The van der Waals surface area contributed by atoms with E-state index in [1.807, 2.05) is 0 Å². The molecule has 0 bridgehead atoms. The van der Waals surface area contributed by atoms with Crippen LogP contribution in [0.25, 0.3) is 0 Å². The molecule has 2 heterocycles. The minimum absolute atomic E-state index is 0.0863. The maximum atomic E-state index is 13.4. The van der Waals surface area contributed by atoms with Crippen LogP contribution in [0.4, 0.5) is 24.5 Å². The van der Waals surface area contributed by atoms with Gasteiger partial charge in [0.05, 0.1) is 31.2 Å². The Bertz CT molecular complexity index is 847. The van der Waals surface area contributed by atoms with Crippen LogP contribution in [0.3, 0.4) is 0 Å². The first kappa shape index (κ1) is 19.6. The molecule has 0 unspecified atom stereocenters. The highest BCUT2D eigenvalue weighted by Crippen LogP contribution is 2.28. The Balaban J connectivity index is 1.56. The molecular formula is C18H19F3N6O. The standard InChI is InChI=1S/C18H19F3N6O/c1-18(20,21)12-3-2-4-14(5-12)23-6-15(26-22)11-28-17-24-7-16(8-25-17)27-9-13(19)10-27/h2-8,13,22-23H,9-11H2,1H3/b15-6-,26-22?. The van der Waals surface area contributed by atoms with Crippen molar-refractivity contribution in [2.75, 3.05) is 29.9 Å². The maximum Gasteiger partial charge on any atom is 0.316 e. The summed E-state index contributed by atoms with van der Waals surface area (Å²) < 4.78 is 45.0. The molecule has 7 nitrogen and oxygen atoms in total. The maximum absolute atomic E-state index is 13.4. The SMILES string of the molecule is CC(F)(F)c1cccc(N/C=C(/COc2ncc(N3CC(F)C3)cn2)N=N)c1. The zero-order valence-electron chi connectivity index (χ0n) is 15.1. The highest BCUT2D eigenvalue weighted by atomic mass is 19.3. The van der Waals surface area contributed by atoms with E-state index in [1.54, 1.807) is 11.0 Å². The Kier molecular flexibility index (Phi) is 5.76. The molecule has 0 amide bonds. The minimum Gasteiger partial charge on any atom is -0.457 e. The molecule has 1 aromatic carbocycles. The molecule has 0 saturated carbocycles. The topological polar surface area (TPSA) is 86.5 Å². The van der Waals surface area contributed by atoms with Gasteiger partial charge in [0.1, 0.15) is 18.5 Å². The average Bonchev–Trinajstić information content (AvgIpc) is 2.66. The van der Waals surface area contributed by atoms with Crippen molar-refractivity contribution < 1.29 is 17.9 Å². The van der Waals surface area contributed by atoms with E-state index in [-0.39, 0.29) is 23.9 Å². The largest absolute Gasteiger partial charge is 0.457 e. The van der Waals surface area contributed by atoms with E-state index in [1.165, 1.54) is 36.8 Å². The second-order valence-electron chi connectivity index (χ2n) is 6.38. The van der Waals surface area contributed by atoms with Gasteiger partial charge in [-0.25, -0.2) is 28.7 Å². The number of nitrogens with one attached hydrogen (secondary N) is 2. The average molecular weight is 392 g/mol. The quantitative estimate of drug-likeness (QED) is 0.661. The fourth-order valence-electron chi connectivity index (χ4n) is 2.48. The van der Waals surface area contributed by atoms with Gasteiger partial charge in [-0.1, -0.05) is 12.1 Å². The molecule has 28 heavy (non-hydrogen) atoms. The van der Waals surface area contributed by atoms with Crippen LogP contribution in [0.15, 0.2) is 53.7 Å². The molecular weight excluding hydrogens is 373 g/mol. The molecule has 1 aromatic heterocycles. The summed E-state index contributed by atoms with van der Waals surface area (Å²) in [5.74, 6) is -2.95. The highest BCUT2D eigenvalue weighted by molar-refractivity contribution is 5.49. The molecule has 0 aliphatic carbocycles. The number of alkyl halides is 3. The lowest BCUT2D eigenvalue weighted by Gasteiger charge is -2.35. The zero-order chi connectivity index (χ0) is 20.1. The van der Waals surface area contributed by atoms with Gasteiger partial charge in [0, 0.05) is 24.4 Å². The third-order valence-electron chi connectivity index (χ3n) is 4.08. The van der Waals surface area contributed by atoms with Crippen molar-refractivity contribution in [1.29, 1.82) is 5.53 Å². The molecule has 1 aliphatic heterocycles. The Morgan fingerprint density at radius 1 is 1.39 bits per heavy atom. The molecule has 1 aliphatic rings.